The Morgan fingerprint density at radius 2 is 0.750 bits per heavy atom. The second-order valence-electron chi connectivity index (χ2n) is 16.5. The van der Waals surface area contributed by atoms with E-state index in [1.165, 1.54) is 60.8 Å². The number of hydrogen-bond donors (Lipinski definition) is 0. The molecule has 2 heterocycles. The molecule has 0 N–H and O–H groups in total. The third-order valence-corrected chi connectivity index (χ3v) is 12.7. The summed E-state index contributed by atoms with van der Waals surface area (Å²) < 4.78 is 4.79. The van der Waals surface area contributed by atoms with Gasteiger partial charge in [0.05, 0.1) is 16.6 Å². The average Bonchev–Trinajstić information content (AvgIpc) is 3.88. The summed E-state index contributed by atoms with van der Waals surface area (Å²) in [6, 6.07) is 83.3. The fourth-order valence-corrected chi connectivity index (χ4v) is 9.83. The maximum Gasteiger partial charge on any atom is 0.0542 e. The van der Waals surface area contributed by atoms with Crippen LogP contribution < -0.4 is 9.80 Å². The number of fused-ring (bicyclic) bond motifs is 6. The van der Waals surface area contributed by atoms with Gasteiger partial charge < -0.3 is 18.9 Å². The third-order valence-electron chi connectivity index (χ3n) is 12.7. The highest BCUT2D eigenvalue weighted by Crippen LogP contribution is 2.43. The zero-order valence-corrected chi connectivity index (χ0v) is 35.3. The molecular weight excluding hydrogens is 777 g/mol. The second-order valence-corrected chi connectivity index (χ2v) is 16.5. The average molecular weight is 821 g/mol. The van der Waals surface area contributed by atoms with Gasteiger partial charge in [-0.05, 0) is 151 Å². The maximum atomic E-state index is 2.42. The summed E-state index contributed by atoms with van der Waals surface area (Å²) in [5, 5.41) is 3.77. The lowest BCUT2D eigenvalue weighted by atomic mass is 10.00. The van der Waals surface area contributed by atoms with Crippen molar-refractivity contribution in [3.63, 3.8) is 0 Å². The molecule has 4 heteroatoms. The molecule has 12 rings (SSSR count). The van der Waals surface area contributed by atoms with Gasteiger partial charge >= 0.3 is 0 Å². The number of rotatable bonds is 9. The van der Waals surface area contributed by atoms with E-state index in [2.05, 4.69) is 262 Å². The van der Waals surface area contributed by atoms with E-state index >= 15 is 0 Å². The Morgan fingerprint density at radius 1 is 0.328 bits per heavy atom. The molecule has 1 aliphatic carbocycles. The van der Waals surface area contributed by atoms with Gasteiger partial charge in [0.1, 0.15) is 0 Å². The van der Waals surface area contributed by atoms with Crippen molar-refractivity contribution in [2.75, 3.05) is 9.80 Å². The molecule has 9 aromatic carbocycles. The van der Waals surface area contributed by atoms with E-state index in [0.29, 0.717) is 0 Å². The first-order chi connectivity index (χ1) is 31.8. The van der Waals surface area contributed by atoms with Gasteiger partial charge in [0, 0.05) is 67.4 Å². The first-order valence-electron chi connectivity index (χ1n) is 22.2. The maximum absolute atomic E-state index is 2.42. The minimum absolute atomic E-state index is 1.03. The van der Waals surface area contributed by atoms with Gasteiger partial charge in [0.2, 0.25) is 0 Å². The zero-order chi connectivity index (χ0) is 42.4. The Hall–Kier alpha value is -8.34. The molecule has 0 aliphatic heterocycles. The van der Waals surface area contributed by atoms with Gasteiger partial charge in [-0.25, -0.2) is 0 Å². The highest BCUT2D eigenvalue weighted by molar-refractivity contribution is 6.10. The van der Waals surface area contributed by atoms with Crippen molar-refractivity contribution in [2.45, 2.75) is 12.8 Å². The Balaban J connectivity index is 0.898. The standard InChI is InChI=1S/C60H44N4/c1-5-17-45(18-6-1)61(51-37-39-59-55(41-51)53-25-13-15-27-57(53)63(59)47-21-9-3-10-22-47)49-33-29-43(30-34-49)44-31-35-50(36-32-44)62(46-19-7-2-8-20-46)52-38-40-60-56(42-52)54-26-14-16-28-58(54)64(60)48-23-11-4-12-24-48/h1-13,15-25,27-42H,14,26H2. The molecule has 0 saturated carbocycles. The van der Waals surface area contributed by atoms with Crippen LogP contribution in [0.3, 0.4) is 0 Å². The molecule has 0 spiro atoms. The largest absolute Gasteiger partial charge is 0.310 e. The molecule has 1 aliphatic rings. The molecular formula is C60H44N4. The molecule has 0 atom stereocenters. The fourth-order valence-electron chi connectivity index (χ4n) is 9.83. The summed E-state index contributed by atoms with van der Waals surface area (Å²) >= 11 is 0. The Morgan fingerprint density at radius 3 is 1.31 bits per heavy atom. The van der Waals surface area contributed by atoms with Crippen molar-refractivity contribution in [3.05, 3.63) is 248 Å². The number of nitrogens with zero attached hydrogens (tertiary/aromatic N) is 4. The Kier molecular flexibility index (Phi) is 9.27. The monoisotopic (exact) mass is 820 g/mol. The van der Waals surface area contributed by atoms with Crippen molar-refractivity contribution >= 4 is 72.9 Å². The highest BCUT2D eigenvalue weighted by Gasteiger charge is 2.22. The van der Waals surface area contributed by atoms with Crippen molar-refractivity contribution in [1.29, 1.82) is 0 Å². The Bertz CT molecular complexity index is 3460. The van der Waals surface area contributed by atoms with Gasteiger partial charge in [-0.3, -0.25) is 0 Å². The summed E-state index contributed by atoms with van der Waals surface area (Å²) in [5.41, 5.74) is 17.7. The number of aryl methyl sites for hydroxylation is 1. The summed E-state index contributed by atoms with van der Waals surface area (Å²) in [4.78, 5) is 4.74. The number of allylic oxidation sites excluding steroid dienone is 1. The first-order valence-corrected chi connectivity index (χ1v) is 22.2. The number of para-hydroxylation sites is 5. The quantitative estimate of drug-likeness (QED) is 0.144. The van der Waals surface area contributed by atoms with Crippen molar-refractivity contribution in [3.8, 4) is 22.5 Å². The van der Waals surface area contributed by atoms with Crippen LogP contribution in [0.15, 0.2) is 237 Å². The lowest BCUT2D eigenvalue weighted by molar-refractivity contribution is 0.967. The van der Waals surface area contributed by atoms with Crippen LogP contribution in [-0.2, 0) is 6.42 Å². The molecule has 0 saturated heterocycles. The van der Waals surface area contributed by atoms with Crippen LogP contribution in [0.4, 0.5) is 34.1 Å². The molecule has 64 heavy (non-hydrogen) atoms. The summed E-state index contributed by atoms with van der Waals surface area (Å²) in [5.74, 6) is 0. The van der Waals surface area contributed by atoms with Crippen molar-refractivity contribution in [1.82, 2.24) is 9.13 Å². The molecule has 0 radical (unpaired) electrons. The zero-order valence-electron chi connectivity index (χ0n) is 35.3. The van der Waals surface area contributed by atoms with E-state index in [1.807, 2.05) is 0 Å². The lowest BCUT2D eigenvalue weighted by Gasteiger charge is -2.26. The van der Waals surface area contributed by atoms with Gasteiger partial charge in [0.25, 0.3) is 0 Å². The van der Waals surface area contributed by atoms with Gasteiger partial charge in [-0.1, -0.05) is 121 Å². The van der Waals surface area contributed by atoms with E-state index in [1.54, 1.807) is 0 Å². The molecule has 304 valence electrons. The highest BCUT2D eigenvalue weighted by atomic mass is 15.1. The number of hydrogen-bond acceptors (Lipinski definition) is 2. The molecule has 4 nitrogen and oxygen atoms in total. The minimum atomic E-state index is 1.03. The summed E-state index contributed by atoms with van der Waals surface area (Å²) in [6.45, 7) is 0. The predicted molar refractivity (Wildman–Crippen MR) is 270 cm³/mol. The second kappa shape index (κ2) is 15.8. The summed E-state index contributed by atoms with van der Waals surface area (Å²) in [6.07, 6.45) is 6.69. The van der Waals surface area contributed by atoms with Crippen LogP contribution in [0, 0.1) is 0 Å². The predicted octanol–water partition coefficient (Wildman–Crippen LogP) is 16.3. The van der Waals surface area contributed by atoms with Crippen LogP contribution in [0.25, 0.3) is 61.3 Å². The van der Waals surface area contributed by atoms with Crippen molar-refractivity contribution < 1.29 is 0 Å². The fraction of sp³-hybridized carbons (Fsp3) is 0.0333. The molecule has 0 fully saturated rings. The Labute approximate surface area is 373 Å². The molecule has 0 bridgehead atoms. The number of anilines is 6. The normalized spacial score (nSPS) is 12.2. The van der Waals surface area contributed by atoms with Crippen LogP contribution in [0.5, 0.6) is 0 Å². The molecule has 0 amide bonds. The number of aromatic nitrogens is 2. The lowest BCUT2D eigenvalue weighted by Crippen LogP contribution is -2.10. The summed E-state index contributed by atoms with van der Waals surface area (Å²) in [7, 11) is 0. The first kappa shape index (κ1) is 37.4. The van der Waals surface area contributed by atoms with Crippen LogP contribution >= 0.6 is 0 Å². The minimum Gasteiger partial charge on any atom is -0.310 e. The SMILES string of the molecule is C1=Cc2c(c3cc(N(c4ccccc4)c4ccc(-c5ccc(N(c6ccccc6)c6ccc7c(c6)c6ccccc6n7-c6ccccc6)cc5)cc4)ccc3n2-c2ccccc2)CC1. The van der Waals surface area contributed by atoms with Crippen LogP contribution in [0.1, 0.15) is 17.7 Å². The van der Waals surface area contributed by atoms with Gasteiger partial charge in [-0.2, -0.15) is 0 Å². The molecule has 2 aromatic heterocycles. The molecule has 0 unspecified atom stereocenters. The van der Waals surface area contributed by atoms with Crippen molar-refractivity contribution in [2.24, 2.45) is 0 Å². The number of benzene rings is 9. The third kappa shape index (κ3) is 6.47. The van der Waals surface area contributed by atoms with E-state index in [4.69, 9.17) is 0 Å². The van der Waals surface area contributed by atoms with E-state index in [0.717, 1.165) is 52.7 Å². The van der Waals surface area contributed by atoms with Crippen LogP contribution in [-0.4, -0.2) is 9.13 Å². The van der Waals surface area contributed by atoms with Crippen LogP contribution in [0.2, 0.25) is 0 Å². The smallest absolute Gasteiger partial charge is 0.0542 e. The molecule has 11 aromatic rings. The van der Waals surface area contributed by atoms with E-state index in [-0.39, 0.29) is 0 Å². The van der Waals surface area contributed by atoms with Gasteiger partial charge in [0.15, 0.2) is 0 Å². The van der Waals surface area contributed by atoms with Gasteiger partial charge in [-0.15, -0.1) is 0 Å². The topological polar surface area (TPSA) is 16.3 Å². The van der Waals surface area contributed by atoms with E-state index in [9.17, 15) is 0 Å². The van der Waals surface area contributed by atoms with E-state index < -0.39 is 0 Å².